The number of fused-ring (bicyclic) bond motifs is 2. The molecule has 2 saturated heterocycles. The zero-order valence-corrected chi connectivity index (χ0v) is 16.7. The summed E-state index contributed by atoms with van der Waals surface area (Å²) >= 11 is 0. The number of amides is 1. The molecule has 4 nitrogen and oxygen atoms in total. The number of hydrogen-bond acceptors (Lipinski definition) is 3. The molecular formula is C23H23F4NO3. The Labute approximate surface area is 177 Å². The number of ether oxygens (including phenoxy) is 1. The Kier molecular flexibility index (Phi) is 5.68. The number of carbonyl (C=O) groups excluding carboxylic acids is 1. The van der Waals surface area contributed by atoms with E-state index in [2.05, 4.69) is 0 Å². The first-order chi connectivity index (χ1) is 14.7. The molecule has 1 N–H and O–H groups in total. The molecule has 2 aliphatic rings. The lowest BCUT2D eigenvalue weighted by atomic mass is 9.71. The maximum Gasteiger partial charge on any atom is 0.416 e. The molecular weight excluding hydrogens is 414 g/mol. The van der Waals surface area contributed by atoms with E-state index in [1.165, 1.54) is 0 Å². The minimum absolute atomic E-state index is 0.0569. The third-order valence-corrected chi connectivity index (χ3v) is 6.21. The van der Waals surface area contributed by atoms with Crippen molar-refractivity contribution in [3.8, 4) is 0 Å². The molecule has 2 bridgehead atoms. The molecule has 2 atom stereocenters. The van der Waals surface area contributed by atoms with Crippen molar-refractivity contribution < 1.29 is 32.2 Å². The van der Waals surface area contributed by atoms with Gasteiger partial charge < -0.3 is 14.7 Å². The molecule has 2 aliphatic heterocycles. The minimum Gasteiger partial charge on any atom is -0.445 e. The summed E-state index contributed by atoms with van der Waals surface area (Å²) in [6.45, 7) is 0.0933. The number of rotatable bonds is 3. The highest BCUT2D eigenvalue weighted by Gasteiger charge is 2.51. The second-order valence-electron chi connectivity index (χ2n) is 8.31. The lowest BCUT2D eigenvalue weighted by Gasteiger charge is -2.51. The highest BCUT2D eigenvalue weighted by molar-refractivity contribution is 5.69. The number of hydrogen-bond donors (Lipinski definition) is 1. The molecule has 0 radical (unpaired) electrons. The molecule has 31 heavy (non-hydrogen) atoms. The second-order valence-corrected chi connectivity index (χ2v) is 8.31. The van der Waals surface area contributed by atoms with Crippen LogP contribution >= 0.6 is 0 Å². The number of nitrogens with zero attached hydrogens (tertiary/aromatic N) is 1. The van der Waals surface area contributed by atoms with Gasteiger partial charge in [-0.3, -0.25) is 0 Å². The first kappa shape index (κ1) is 21.6. The van der Waals surface area contributed by atoms with Crippen LogP contribution in [-0.2, 0) is 23.1 Å². The zero-order valence-electron chi connectivity index (χ0n) is 16.7. The first-order valence-corrected chi connectivity index (χ1v) is 10.3. The largest absolute Gasteiger partial charge is 0.445 e. The Morgan fingerprint density at radius 1 is 1.10 bits per heavy atom. The fourth-order valence-electron chi connectivity index (χ4n) is 4.90. The molecule has 2 aromatic rings. The fraction of sp³-hybridized carbons (Fsp3) is 0.435. The summed E-state index contributed by atoms with van der Waals surface area (Å²) in [7, 11) is 0. The number of piperidine rings is 2. The van der Waals surface area contributed by atoms with Gasteiger partial charge in [0.1, 0.15) is 12.4 Å². The molecule has 2 aromatic carbocycles. The lowest BCUT2D eigenvalue weighted by Crippen LogP contribution is -2.59. The van der Waals surface area contributed by atoms with Gasteiger partial charge in [0, 0.05) is 24.9 Å². The van der Waals surface area contributed by atoms with E-state index >= 15 is 0 Å². The Balaban J connectivity index is 1.56. The van der Waals surface area contributed by atoms with Crippen molar-refractivity contribution in [3.05, 3.63) is 71.0 Å². The molecule has 0 spiro atoms. The van der Waals surface area contributed by atoms with E-state index < -0.39 is 41.3 Å². The van der Waals surface area contributed by atoms with Gasteiger partial charge in [-0.05, 0) is 42.5 Å². The Bertz CT molecular complexity index is 934. The normalized spacial score (nSPS) is 25.9. The average Bonchev–Trinajstić information content (AvgIpc) is 2.71. The van der Waals surface area contributed by atoms with E-state index in [-0.39, 0.29) is 25.0 Å². The summed E-state index contributed by atoms with van der Waals surface area (Å²) < 4.78 is 59.6. The molecule has 0 aliphatic carbocycles. The summed E-state index contributed by atoms with van der Waals surface area (Å²) in [5.74, 6) is -1.01. The van der Waals surface area contributed by atoms with Gasteiger partial charge in [0.05, 0.1) is 11.2 Å². The Hall–Kier alpha value is -2.61. The van der Waals surface area contributed by atoms with Crippen LogP contribution in [-0.4, -0.2) is 28.2 Å². The van der Waals surface area contributed by atoms with Gasteiger partial charge in [-0.2, -0.15) is 13.2 Å². The standard InChI is InChI=1S/C23H23F4NO3/c24-16-9-10-19(20(11-16)23(25,26)27)22(30)12-17-7-4-8-18(13-22)28(17)21(29)31-14-15-5-2-1-3-6-15/h1-3,5-6,9-11,17-18,30H,4,7-8,12-14H2. The summed E-state index contributed by atoms with van der Waals surface area (Å²) in [5, 5.41) is 11.3. The number of carbonyl (C=O) groups is 1. The van der Waals surface area contributed by atoms with Crippen molar-refractivity contribution in [1.82, 2.24) is 4.90 Å². The number of alkyl halides is 3. The van der Waals surface area contributed by atoms with Crippen LogP contribution in [0, 0.1) is 5.82 Å². The highest BCUT2D eigenvalue weighted by Crippen LogP contribution is 2.48. The molecule has 166 valence electrons. The van der Waals surface area contributed by atoms with Crippen molar-refractivity contribution in [2.45, 2.75) is 62.6 Å². The van der Waals surface area contributed by atoms with Gasteiger partial charge in [-0.25, -0.2) is 9.18 Å². The van der Waals surface area contributed by atoms with Gasteiger partial charge in [0.25, 0.3) is 0 Å². The smallest absolute Gasteiger partial charge is 0.416 e. The number of aliphatic hydroxyl groups is 1. The van der Waals surface area contributed by atoms with Crippen molar-refractivity contribution >= 4 is 6.09 Å². The second kappa shape index (κ2) is 8.15. The van der Waals surface area contributed by atoms with E-state index in [0.29, 0.717) is 18.9 Å². The SMILES string of the molecule is O=C(OCc1ccccc1)N1C2CCCC1CC(O)(c1ccc(F)cc1C(F)(F)F)C2. The van der Waals surface area contributed by atoms with Crippen molar-refractivity contribution in [2.75, 3.05) is 0 Å². The van der Waals surface area contributed by atoms with Crippen molar-refractivity contribution in [2.24, 2.45) is 0 Å². The molecule has 4 rings (SSSR count). The van der Waals surface area contributed by atoms with E-state index in [9.17, 15) is 27.5 Å². The lowest BCUT2D eigenvalue weighted by molar-refractivity contribution is -0.144. The van der Waals surface area contributed by atoms with Crippen LogP contribution in [0.4, 0.5) is 22.4 Å². The molecule has 2 fully saturated rings. The average molecular weight is 437 g/mol. The summed E-state index contributed by atoms with van der Waals surface area (Å²) in [6.07, 6.45) is -3.52. The van der Waals surface area contributed by atoms with E-state index in [1.54, 1.807) is 4.90 Å². The van der Waals surface area contributed by atoms with Crippen LogP contribution < -0.4 is 0 Å². The number of benzene rings is 2. The van der Waals surface area contributed by atoms with Crippen LogP contribution in [0.1, 0.15) is 48.8 Å². The van der Waals surface area contributed by atoms with E-state index in [0.717, 1.165) is 24.1 Å². The molecule has 0 saturated carbocycles. The molecule has 8 heteroatoms. The maximum absolute atomic E-state index is 13.5. The Morgan fingerprint density at radius 3 is 2.35 bits per heavy atom. The third kappa shape index (κ3) is 4.39. The van der Waals surface area contributed by atoms with Gasteiger partial charge in [0.2, 0.25) is 0 Å². The zero-order chi connectivity index (χ0) is 22.2. The van der Waals surface area contributed by atoms with Gasteiger partial charge >= 0.3 is 12.3 Å². The quantitative estimate of drug-likeness (QED) is 0.656. The predicted octanol–water partition coefficient (Wildman–Crippen LogP) is 5.39. The summed E-state index contributed by atoms with van der Waals surface area (Å²) in [6, 6.07) is 10.6. The predicted molar refractivity (Wildman–Crippen MR) is 104 cm³/mol. The molecule has 2 heterocycles. The molecule has 0 aromatic heterocycles. The number of halogens is 4. The van der Waals surface area contributed by atoms with Gasteiger partial charge in [0.15, 0.2) is 0 Å². The van der Waals surface area contributed by atoms with Crippen LogP contribution in [0.5, 0.6) is 0 Å². The van der Waals surface area contributed by atoms with Gasteiger partial charge in [-0.1, -0.05) is 36.4 Å². The van der Waals surface area contributed by atoms with Crippen LogP contribution in [0.3, 0.4) is 0 Å². The third-order valence-electron chi connectivity index (χ3n) is 6.21. The molecule has 2 unspecified atom stereocenters. The first-order valence-electron chi connectivity index (χ1n) is 10.3. The van der Waals surface area contributed by atoms with Gasteiger partial charge in [-0.15, -0.1) is 0 Å². The fourth-order valence-corrected chi connectivity index (χ4v) is 4.90. The van der Waals surface area contributed by atoms with Crippen LogP contribution in [0.2, 0.25) is 0 Å². The summed E-state index contributed by atoms with van der Waals surface area (Å²) in [5.41, 5.74) is -2.48. The highest BCUT2D eigenvalue weighted by atomic mass is 19.4. The molecule has 1 amide bonds. The van der Waals surface area contributed by atoms with E-state index in [4.69, 9.17) is 4.74 Å². The summed E-state index contributed by atoms with van der Waals surface area (Å²) in [4.78, 5) is 14.4. The topological polar surface area (TPSA) is 49.8 Å². The van der Waals surface area contributed by atoms with Crippen LogP contribution in [0.25, 0.3) is 0 Å². The van der Waals surface area contributed by atoms with Crippen LogP contribution in [0.15, 0.2) is 48.5 Å². The van der Waals surface area contributed by atoms with Crippen molar-refractivity contribution in [1.29, 1.82) is 0 Å². The monoisotopic (exact) mass is 437 g/mol. The Morgan fingerprint density at radius 2 is 1.74 bits per heavy atom. The minimum atomic E-state index is -4.80. The maximum atomic E-state index is 13.5. The van der Waals surface area contributed by atoms with E-state index in [1.807, 2.05) is 30.3 Å². The van der Waals surface area contributed by atoms with Crippen molar-refractivity contribution in [3.63, 3.8) is 0 Å².